The van der Waals surface area contributed by atoms with Crippen molar-refractivity contribution >= 4 is 75.7 Å². The van der Waals surface area contributed by atoms with Gasteiger partial charge in [-0.3, -0.25) is 0 Å². The van der Waals surface area contributed by atoms with Crippen LogP contribution in [0.5, 0.6) is 0 Å². The Balaban J connectivity index is 1.38. The molecule has 0 amide bonds. The minimum atomic E-state index is -2.32. The Labute approximate surface area is 330 Å². The molecule has 4 heteroatoms. The van der Waals surface area contributed by atoms with Gasteiger partial charge in [0.1, 0.15) is 8.07 Å². The number of fused-ring (bicyclic) bond motifs is 8. The molecule has 3 aliphatic heterocycles. The fraction of sp³-hybridized carbons (Fsp3) is 0.400. The lowest BCUT2D eigenvalue weighted by Crippen LogP contribution is -2.67. The van der Waals surface area contributed by atoms with Crippen LogP contribution in [0.3, 0.4) is 0 Å². The van der Waals surface area contributed by atoms with E-state index in [1.807, 2.05) is 0 Å². The van der Waals surface area contributed by atoms with E-state index in [0.29, 0.717) is 5.56 Å². The normalized spacial score (nSPS) is 22.0. The lowest BCUT2D eigenvalue weighted by molar-refractivity contribution is 0.331. The van der Waals surface area contributed by atoms with Crippen molar-refractivity contribution in [1.29, 1.82) is 0 Å². The van der Waals surface area contributed by atoms with E-state index in [1.54, 1.807) is 0 Å². The monoisotopic (exact) mass is 727 g/mol. The summed E-state index contributed by atoms with van der Waals surface area (Å²) < 4.78 is 27.6. The first-order valence-electron chi connectivity index (χ1n) is 21.9. The molecule has 0 bridgehead atoms. The molecular weight excluding hydrogens is 667 g/mol. The van der Waals surface area contributed by atoms with E-state index in [1.165, 1.54) is 71.6 Å². The van der Waals surface area contributed by atoms with Crippen molar-refractivity contribution in [2.24, 2.45) is 0 Å². The Hall–Kier alpha value is -4.02. The Morgan fingerprint density at radius 1 is 0.556 bits per heavy atom. The van der Waals surface area contributed by atoms with E-state index < -0.39 is 14.9 Å². The molecule has 5 aromatic carbocycles. The van der Waals surface area contributed by atoms with E-state index in [0.717, 1.165) is 42.7 Å². The molecule has 0 spiro atoms. The zero-order valence-electron chi connectivity index (χ0n) is 37.3. The summed E-state index contributed by atoms with van der Waals surface area (Å²) in [4.78, 5) is 5.00. The van der Waals surface area contributed by atoms with Crippen molar-refractivity contribution in [3.8, 4) is 0 Å². The molecule has 10 rings (SSSR count). The van der Waals surface area contributed by atoms with Crippen molar-refractivity contribution in [2.45, 2.75) is 130 Å². The molecule has 0 radical (unpaired) electrons. The SMILES string of the molecule is [2H]C([2H])([2H])c1cc2c(cc1N1c3cc4c(cc3B3c5cccc6c5N(c5ccccc5[Si]6(C)C)c5cc(C)cc1c53)C(C)(C)CCC4(C)C)C(C)(C)CCC2(C)C. The molecule has 3 heterocycles. The molecule has 274 valence electrons. The zero-order chi connectivity index (χ0) is 40.6. The third kappa shape index (κ3) is 4.41. The van der Waals surface area contributed by atoms with Gasteiger partial charge >= 0.3 is 0 Å². The molecule has 2 nitrogen and oxygen atoms in total. The van der Waals surface area contributed by atoms with Crippen LogP contribution in [-0.2, 0) is 21.7 Å². The Morgan fingerprint density at radius 2 is 1.09 bits per heavy atom. The van der Waals surface area contributed by atoms with Crippen LogP contribution in [0.25, 0.3) is 0 Å². The maximum Gasteiger partial charge on any atom is 0.252 e. The average molecular weight is 728 g/mol. The molecule has 0 unspecified atom stereocenters. The third-order valence-corrected chi connectivity index (χ3v) is 18.4. The van der Waals surface area contributed by atoms with Crippen LogP contribution in [-0.4, -0.2) is 14.8 Å². The quantitative estimate of drug-likeness (QED) is 0.155. The van der Waals surface area contributed by atoms with Crippen LogP contribution in [0.2, 0.25) is 13.1 Å². The van der Waals surface area contributed by atoms with Gasteiger partial charge in [-0.15, -0.1) is 0 Å². The predicted octanol–water partition coefficient (Wildman–Crippen LogP) is 10.2. The van der Waals surface area contributed by atoms with Crippen LogP contribution in [0, 0.1) is 13.8 Å². The third-order valence-electron chi connectivity index (χ3n) is 14.9. The highest BCUT2D eigenvalue weighted by Gasteiger charge is 2.50. The number of hydrogen-bond acceptors (Lipinski definition) is 2. The maximum atomic E-state index is 9.19. The molecule has 54 heavy (non-hydrogen) atoms. The van der Waals surface area contributed by atoms with Gasteiger partial charge in [-0.2, -0.15) is 0 Å². The largest absolute Gasteiger partial charge is 0.312 e. The molecule has 0 atom stereocenters. The van der Waals surface area contributed by atoms with Gasteiger partial charge in [-0.25, -0.2) is 0 Å². The van der Waals surface area contributed by atoms with E-state index in [-0.39, 0.29) is 28.4 Å². The average Bonchev–Trinajstić information content (AvgIpc) is 3.13. The predicted molar refractivity (Wildman–Crippen MR) is 237 cm³/mol. The van der Waals surface area contributed by atoms with Gasteiger partial charge in [0, 0.05) is 38.2 Å². The molecule has 0 saturated heterocycles. The van der Waals surface area contributed by atoms with E-state index in [9.17, 15) is 4.11 Å². The summed E-state index contributed by atoms with van der Waals surface area (Å²) in [7, 11) is -2.07. The second kappa shape index (κ2) is 10.6. The number of aryl methyl sites for hydroxylation is 2. The van der Waals surface area contributed by atoms with Crippen LogP contribution in [0.15, 0.2) is 78.9 Å². The maximum absolute atomic E-state index is 9.19. The van der Waals surface area contributed by atoms with Crippen molar-refractivity contribution < 1.29 is 4.11 Å². The molecule has 0 aromatic heterocycles. The minimum Gasteiger partial charge on any atom is -0.312 e. The van der Waals surface area contributed by atoms with Crippen molar-refractivity contribution in [1.82, 2.24) is 0 Å². The van der Waals surface area contributed by atoms with Gasteiger partial charge < -0.3 is 9.80 Å². The second-order valence-electron chi connectivity index (χ2n) is 20.6. The van der Waals surface area contributed by atoms with Crippen molar-refractivity contribution in [3.63, 3.8) is 0 Å². The first kappa shape index (κ1) is 31.2. The summed E-state index contributed by atoms with van der Waals surface area (Å²) in [6, 6.07) is 30.4. The number of benzene rings is 5. The van der Waals surface area contributed by atoms with Gasteiger partial charge in [0.05, 0.1) is 0 Å². The summed E-state index contributed by atoms with van der Waals surface area (Å²) in [5.74, 6) is 0. The topological polar surface area (TPSA) is 6.48 Å². The van der Waals surface area contributed by atoms with Crippen LogP contribution in [0.4, 0.5) is 34.1 Å². The Bertz CT molecular complexity index is 2600. The minimum absolute atomic E-state index is 0.00142. The van der Waals surface area contributed by atoms with E-state index >= 15 is 0 Å². The van der Waals surface area contributed by atoms with Gasteiger partial charge in [-0.1, -0.05) is 117 Å². The van der Waals surface area contributed by atoms with Gasteiger partial charge in [0.25, 0.3) is 6.71 Å². The molecule has 2 aliphatic carbocycles. The van der Waals surface area contributed by atoms with E-state index in [4.69, 9.17) is 0 Å². The van der Waals surface area contributed by atoms with Crippen molar-refractivity contribution in [2.75, 3.05) is 9.80 Å². The number of para-hydroxylation sites is 2. The number of nitrogens with zero attached hydrogens (tertiary/aromatic N) is 2. The van der Waals surface area contributed by atoms with Crippen LogP contribution in [0.1, 0.15) is 119 Å². The molecule has 0 fully saturated rings. The van der Waals surface area contributed by atoms with Gasteiger partial charge in [0.15, 0.2) is 0 Å². The van der Waals surface area contributed by atoms with Crippen LogP contribution < -0.4 is 36.6 Å². The highest BCUT2D eigenvalue weighted by Crippen LogP contribution is 2.53. The summed E-state index contributed by atoms with van der Waals surface area (Å²) in [5, 5.41) is 2.94. The summed E-state index contributed by atoms with van der Waals surface area (Å²) in [5.41, 5.74) is 17.5. The standard InChI is InChI=1S/C50H57BN2Si/c1-30-24-41-45-42(25-30)53-38-17-13-14-18-43(38)54(11,12)44-19-15-16-36(46(44)53)51(45)37-27-33-35(50(9,10)23-21-48(33,5)6)29-40(37)52(41)39-28-34-32(26-31(39)2)47(3,4)20-22-49(34,7)8/h13-19,24-29H,20-23H2,1-12H3/i2D3. The fourth-order valence-electron chi connectivity index (χ4n) is 11.4. The van der Waals surface area contributed by atoms with Crippen LogP contribution >= 0.6 is 0 Å². The second-order valence-corrected chi connectivity index (χ2v) is 24.9. The molecule has 0 saturated carbocycles. The first-order chi connectivity index (χ1) is 26.5. The van der Waals surface area contributed by atoms with Gasteiger partial charge in [0.2, 0.25) is 0 Å². The van der Waals surface area contributed by atoms with E-state index in [2.05, 4.69) is 164 Å². The molecule has 5 aromatic rings. The lowest BCUT2D eigenvalue weighted by Gasteiger charge is -2.50. The zero-order valence-corrected chi connectivity index (χ0v) is 35.3. The number of anilines is 6. The summed E-state index contributed by atoms with van der Waals surface area (Å²) in [6.45, 7) is 23.9. The Kier molecular flexibility index (Phi) is 6.15. The van der Waals surface area contributed by atoms with Crippen molar-refractivity contribution in [3.05, 3.63) is 112 Å². The highest BCUT2D eigenvalue weighted by molar-refractivity contribution is 7.05. The number of hydrogen-bond donors (Lipinski definition) is 0. The lowest BCUT2D eigenvalue weighted by atomic mass is 9.33. The highest BCUT2D eigenvalue weighted by atomic mass is 28.3. The summed E-state index contributed by atoms with van der Waals surface area (Å²) in [6.07, 6.45) is 4.33. The van der Waals surface area contributed by atoms with Gasteiger partial charge in [-0.05, 0) is 152 Å². The first-order valence-corrected chi connectivity index (χ1v) is 23.4. The summed E-state index contributed by atoms with van der Waals surface area (Å²) >= 11 is 0. The molecular formula is C50H57BN2Si. The smallest absolute Gasteiger partial charge is 0.252 e. The fourth-order valence-corrected chi connectivity index (χ4v) is 14.4. The molecule has 0 N–H and O–H groups in total. The molecule has 5 aliphatic rings. The Morgan fingerprint density at radius 3 is 1.72 bits per heavy atom. The number of rotatable bonds is 1.